The number of hydrogen-bond donors (Lipinski definition) is 0. The van der Waals surface area contributed by atoms with Gasteiger partial charge in [-0.25, -0.2) is 0 Å². The highest BCUT2D eigenvalue weighted by atomic mass is 32.2. The van der Waals surface area contributed by atoms with Gasteiger partial charge in [-0.1, -0.05) is 30.0 Å². The van der Waals surface area contributed by atoms with Gasteiger partial charge in [0.2, 0.25) is 0 Å². The van der Waals surface area contributed by atoms with E-state index in [2.05, 4.69) is 9.72 Å². The molecule has 0 bridgehead atoms. The van der Waals surface area contributed by atoms with Crippen molar-refractivity contribution in [2.24, 2.45) is 0 Å². The second-order valence-corrected chi connectivity index (χ2v) is 5.98. The number of rotatable bonds is 5. The van der Waals surface area contributed by atoms with E-state index < -0.39 is 0 Å². The zero-order chi connectivity index (χ0) is 15.2. The van der Waals surface area contributed by atoms with E-state index in [1.807, 2.05) is 12.1 Å². The molecule has 1 aliphatic rings. The fourth-order valence-electron chi connectivity index (χ4n) is 1.79. The number of amides is 1. The number of ether oxygens (including phenoxy) is 1. The molecule has 2 heterocycles. The molecule has 0 radical (unpaired) electrons. The standard InChI is InChI=1S/C14H14N2O3S2/c1-19-12(17)5-3-7-16-13(18)11(21-14(16)20)8-10-4-2-6-15-9-10/h2,4,6,8-9H,3,5,7H2,1H3/b11-8+. The van der Waals surface area contributed by atoms with Gasteiger partial charge in [0.05, 0.1) is 12.0 Å². The molecule has 1 aliphatic heterocycles. The Labute approximate surface area is 132 Å². The molecule has 1 fully saturated rings. The molecule has 0 N–H and O–H groups in total. The van der Waals surface area contributed by atoms with Gasteiger partial charge < -0.3 is 4.74 Å². The first-order valence-electron chi connectivity index (χ1n) is 6.34. The van der Waals surface area contributed by atoms with Crippen molar-refractivity contribution in [2.45, 2.75) is 12.8 Å². The van der Waals surface area contributed by atoms with Crippen molar-refractivity contribution in [2.75, 3.05) is 13.7 Å². The molecule has 0 aliphatic carbocycles. The van der Waals surface area contributed by atoms with E-state index in [9.17, 15) is 9.59 Å². The monoisotopic (exact) mass is 322 g/mol. The highest BCUT2D eigenvalue weighted by Crippen LogP contribution is 2.32. The number of carbonyl (C=O) groups is 2. The number of pyridine rings is 1. The Bertz CT molecular complexity index is 587. The summed E-state index contributed by atoms with van der Waals surface area (Å²) < 4.78 is 5.08. The van der Waals surface area contributed by atoms with Gasteiger partial charge in [0, 0.05) is 25.4 Å². The minimum absolute atomic E-state index is 0.126. The number of hydrogen-bond acceptors (Lipinski definition) is 6. The zero-order valence-corrected chi connectivity index (χ0v) is 13.1. The Hall–Kier alpha value is -1.73. The van der Waals surface area contributed by atoms with Crippen LogP contribution in [0, 0.1) is 0 Å². The summed E-state index contributed by atoms with van der Waals surface area (Å²) in [5.74, 6) is -0.412. The van der Waals surface area contributed by atoms with Gasteiger partial charge in [0.25, 0.3) is 5.91 Å². The van der Waals surface area contributed by atoms with Crippen LogP contribution in [0.2, 0.25) is 0 Å². The molecule has 1 saturated heterocycles. The first kappa shape index (κ1) is 15.7. The molecule has 110 valence electrons. The largest absolute Gasteiger partial charge is 0.469 e. The van der Waals surface area contributed by atoms with Crippen LogP contribution in [0.15, 0.2) is 29.4 Å². The van der Waals surface area contributed by atoms with Crippen molar-refractivity contribution >= 4 is 46.3 Å². The number of aromatic nitrogens is 1. The minimum atomic E-state index is -0.286. The van der Waals surface area contributed by atoms with Crippen LogP contribution in [-0.4, -0.2) is 39.7 Å². The summed E-state index contributed by atoms with van der Waals surface area (Å²) in [6.45, 7) is 0.421. The summed E-state index contributed by atoms with van der Waals surface area (Å²) in [4.78, 5) is 29.4. The smallest absolute Gasteiger partial charge is 0.305 e. The second-order valence-electron chi connectivity index (χ2n) is 4.30. The van der Waals surface area contributed by atoms with E-state index >= 15 is 0 Å². The number of thiocarbonyl (C=S) groups is 1. The first-order chi connectivity index (χ1) is 10.1. The lowest BCUT2D eigenvalue weighted by atomic mass is 10.2. The second kappa shape index (κ2) is 7.33. The number of methoxy groups -OCH3 is 1. The predicted octanol–water partition coefficient (Wildman–Crippen LogP) is 2.24. The maximum Gasteiger partial charge on any atom is 0.305 e. The summed E-state index contributed by atoms with van der Waals surface area (Å²) in [6, 6.07) is 3.68. The van der Waals surface area contributed by atoms with Crippen molar-refractivity contribution in [3.8, 4) is 0 Å². The van der Waals surface area contributed by atoms with Gasteiger partial charge >= 0.3 is 5.97 Å². The van der Waals surface area contributed by atoms with Crippen LogP contribution in [-0.2, 0) is 14.3 Å². The van der Waals surface area contributed by atoms with Crippen LogP contribution < -0.4 is 0 Å². The quantitative estimate of drug-likeness (QED) is 0.471. The van der Waals surface area contributed by atoms with Gasteiger partial charge in [-0.15, -0.1) is 0 Å². The number of thioether (sulfide) groups is 1. The van der Waals surface area contributed by atoms with E-state index in [0.717, 1.165) is 5.56 Å². The lowest BCUT2D eigenvalue weighted by molar-refractivity contribution is -0.141. The maximum absolute atomic E-state index is 12.3. The molecule has 7 heteroatoms. The van der Waals surface area contributed by atoms with Gasteiger partial charge in [0.15, 0.2) is 0 Å². The molecule has 21 heavy (non-hydrogen) atoms. The van der Waals surface area contributed by atoms with Crippen molar-refractivity contribution in [3.05, 3.63) is 35.0 Å². The third-order valence-electron chi connectivity index (χ3n) is 2.85. The molecule has 0 saturated carbocycles. The van der Waals surface area contributed by atoms with Crippen molar-refractivity contribution in [1.82, 2.24) is 9.88 Å². The molecule has 0 atom stereocenters. The van der Waals surface area contributed by atoms with Crippen molar-refractivity contribution in [1.29, 1.82) is 0 Å². The van der Waals surface area contributed by atoms with Gasteiger partial charge in [-0.05, 0) is 24.1 Å². The van der Waals surface area contributed by atoms with Crippen LogP contribution in [0.4, 0.5) is 0 Å². The molecular formula is C14H14N2O3S2. The average molecular weight is 322 g/mol. The van der Waals surface area contributed by atoms with Gasteiger partial charge in [-0.3, -0.25) is 19.5 Å². The Morgan fingerprint density at radius 3 is 3.05 bits per heavy atom. The van der Waals surface area contributed by atoms with Crippen LogP contribution in [0.5, 0.6) is 0 Å². The van der Waals surface area contributed by atoms with Crippen LogP contribution >= 0.6 is 24.0 Å². The normalized spacial score (nSPS) is 16.6. The van der Waals surface area contributed by atoms with Crippen molar-refractivity contribution < 1.29 is 14.3 Å². The Morgan fingerprint density at radius 1 is 1.57 bits per heavy atom. The van der Waals surface area contributed by atoms with E-state index in [1.54, 1.807) is 18.5 Å². The number of esters is 1. The maximum atomic E-state index is 12.3. The van der Waals surface area contributed by atoms with Crippen LogP contribution in [0.1, 0.15) is 18.4 Å². The third kappa shape index (κ3) is 4.12. The van der Waals surface area contributed by atoms with E-state index in [4.69, 9.17) is 12.2 Å². The van der Waals surface area contributed by atoms with Crippen LogP contribution in [0.25, 0.3) is 6.08 Å². The number of carbonyl (C=O) groups excluding carboxylic acids is 2. The third-order valence-corrected chi connectivity index (χ3v) is 4.22. The minimum Gasteiger partial charge on any atom is -0.469 e. The highest BCUT2D eigenvalue weighted by molar-refractivity contribution is 8.26. The molecule has 0 unspecified atom stereocenters. The van der Waals surface area contributed by atoms with E-state index in [0.29, 0.717) is 22.2 Å². The average Bonchev–Trinajstić information content (AvgIpc) is 2.75. The zero-order valence-electron chi connectivity index (χ0n) is 11.4. The summed E-state index contributed by atoms with van der Waals surface area (Å²) in [6.07, 6.45) is 5.93. The molecule has 0 aromatic carbocycles. The molecule has 1 amide bonds. The lowest BCUT2D eigenvalue weighted by Gasteiger charge is -2.13. The topological polar surface area (TPSA) is 59.5 Å². The molecule has 2 rings (SSSR count). The molecule has 1 aromatic rings. The predicted molar refractivity (Wildman–Crippen MR) is 85.4 cm³/mol. The Balaban J connectivity index is 2.00. The molecular weight excluding hydrogens is 308 g/mol. The summed E-state index contributed by atoms with van der Waals surface area (Å²) in [5.41, 5.74) is 0.854. The van der Waals surface area contributed by atoms with Crippen molar-refractivity contribution in [3.63, 3.8) is 0 Å². The van der Waals surface area contributed by atoms with Gasteiger partial charge in [-0.2, -0.15) is 0 Å². The highest BCUT2D eigenvalue weighted by Gasteiger charge is 2.31. The fraction of sp³-hybridized carbons (Fsp3) is 0.286. The van der Waals surface area contributed by atoms with E-state index in [-0.39, 0.29) is 18.3 Å². The van der Waals surface area contributed by atoms with Crippen LogP contribution in [0.3, 0.4) is 0 Å². The molecule has 5 nitrogen and oxygen atoms in total. The first-order valence-corrected chi connectivity index (χ1v) is 7.56. The lowest BCUT2D eigenvalue weighted by Crippen LogP contribution is -2.29. The summed E-state index contributed by atoms with van der Waals surface area (Å²) in [5, 5.41) is 0. The molecule has 1 aromatic heterocycles. The van der Waals surface area contributed by atoms with Gasteiger partial charge in [0.1, 0.15) is 4.32 Å². The molecule has 0 spiro atoms. The van der Waals surface area contributed by atoms with E-state index in [1.165, 1.54) is 23.8 Å². The Kier molecular flexibility index (Phi) is 5.46. The fourth-order valence-corrected chi connectivity index (χ4v) is 3.10. The SMILES string of the molecule is COC(=O)CCCN1C(=O)/C(=C\c2cccnc2)SC1=S. The Morgan fingerprint density at radius 2 is 2.38 bits per heavy atom. The summed E-state index contributed by atoms with van der Waals surface area (Å²) >= 11 is 6.48. The summed E-state index contributed by atoms with van der Waals surface area (Å²) in [7, 11) is 1.35. The number of nitrogens with zero attached hydrogens (tertiary/aromatic N) is 2.